The summed E-state index contributed by atoms with van der Waals surface area (Å²) in [5.74, 6) is 0. The highest BCUT2D eigenvalue weighted by atomic mass is 79.9. The number of hydrogen-bond acceptors (Lipinski definition) is 2. The van der Waals surface area contributed by atoms with Crippen LogP contribution in [0.1, 0.15) is 30.4 Å². The van der Waals surface area contributed by atoms with Gasteiger partial charge in [0.1, 0.15) is 0 Å². The highest BCUT2D eigenvalue weighted by Gasteiger charge is 2.13. The van der Waals surface area contributed by atoms with E-state index in [9.17, 15) is 0 Å². The molecule has 1 atom stereocenters. The highest BCUT2D eigenvalue weighted by molar-refractivity contribution is 9.08. The minimum absolute atomic E-state index is 0.0277. The molecule has 0 amide bonds. The maximum Gasteiger partial charge on any atom is 0.157 e. The number of alkyl halides is 1. The van der Waals surface area contributed by atoms with Crippen molar-refractivity contribution in [3.8, 4) is 0 Å². The van der Waals surface area contributed by atoms with Crippen LogP contribution in [0.4, 0.5) is 0 Å². The lowest BCUT2D eigenvalue weighted by Gasteiger charge is -2.22. The van der Waals surface area contributed by atoms with Crippen molar-refractivity contribution in [2.75, 3.05) is 13.2 Å². The van der Waals surface area contributed by atoms with Gasteiger partial charge in [0.2, 0.25) is 0 Å². The first-order valence-electron chi connectivity index (χ1n) is 6.26. The molecule has 94 valence electrons. The highest BCUT2D eigenvalue weighted by Crippen LogP contribution is 2.16. The van der Waals surface area contributed by atoms with Crippen molar-refractivity contribution in [2.24, 2.45) is 0 Å². The molecule has 0 radical (unpaired) electrons. The van der Waals surface area contributed by atoms with Crippen LogP contribution in [0, 0.1) is 0 Å². The second-order valence-electron chi connectivity index (χ2n) is 4.32. The van der Waals surface area contributed by atoms with Crippen molar-refractivity contribution in [2.45, 2.75) is 37.3 Å². The van der Waals surface area contributed by atoms with Crippen LogP contribution in [0.2, 0.25) is 0 Å². The van der Waals surface area contributed by atoms with Gasteiger partial charge in [-0.2, -0.15) is 0 Å². The lowest BCUT2D eigenvalue weighted by molar-refractivity contribution is -0.161. The summed E-state index contributed by atoms with van der Waals surface area (Å²) < 4.78 is 11.3. The molecule has 1 aliphatic heterocycles. The van der Waals surface area contributed by atoms with Gasteiger partial charge in [0.05, 0.1) is 6.61 Å². The number of benzene rings is 1. The van der Waals surface area contributed by atoms with Crippen molar-refractivity contribution in [1.29, 1.82) is 0 Å². The molecular weight excluding hydrogens is 280 g/mol. The summed E-state index contributed by atoms with van der Waals surface area (Å²) in [7, 11) is 0. The number of ether oxygens (including phenoxy) is 2. The van der Waals surface area contributed by atoms with Crippen LogP contribution in [0.25, 0.3) is 0 Å². The summed E-state index contributed by atoms with van der Waals surface area (Å²) in [6, 6.07) is 8.48. The van der Waals surface area contributed by atoms with E-state index in [0.717, 1.165) is 31.4 Å². The molecule has 0 unspecified atom stereocenters. The van der Waals surface area contributed by atoms with Crippen LogP contribution in [-0.2, 0) is 21.2 Å². The summed E-state index contributed by atoms with van der Waals surface area (Å²) in [6.07, 6.45) is 4.43. The molecule has 0 N–H and O–H groups in total. The Kier molecular flexibility index (Phi) is 5.49. The van der Waals surface area contributed by atoms with Gasteiger partial charge in [-0.05, 0) is 36.8 Å². The molecule has 1 aliphatic rings. The van der Waals surface area contributed by atoms with Gasteiger partial charge in [0.25, 0.3) is 0 Å². The first kappa shape index (κ1) is 13.1. The zero-order valence-electron chi connectivity index (χ0n) is 10.0. The van der Waals surface area contributed by atoms with Crippen LogP contribution in [0.5, 0.6) is 0 Å². The summed E-state index contributed by atoms with van der Waals surface area (Å²) in [5, 5.41) is 0.906. The predicted molar refractivity (Wildman–Crippen MR) is 72.3 cm³/mol. The largest absolute Gasteiger partial charge is 0.353 e. The van der Waals surface area contributed by atoms with Gasteiger partial charge in [0, 0.05) is 11.9 Å². The van der Waals surface area contributed by atoms with E-state index in [4.69, 9.17) is 9.47 Å². The third kappa shape index (κ3) is 4.09. The zero-order valence-corrected chi connectivity index (χ0v) is 11.6. The van der Waals surface area contributed by atoms with Crippen molar-refractivity contribution in [3.05, 3.63) is 35.4 Å². The molecule has 2 nitrogen and oxygen atoms in total. The third-order valence-electron chi connectivity index (χ3n) is 3.08. The number of rotatable bonds is 5. The van der Waals surface area contributed by atoms with Crippen LogP contribution < -0.4 is 0 Å². The predicted octanol–water partition coefficient (Wildman–Crippen LogP) is 3.67. The van der Waals surface area contributed by atoms with E-state index in [-0.39, 0.29) is 6.29 Å². The molecule has 0 bridgehead atoms. The quantitative estimate of drug-likeness (QED) is 0.772. The Morgan fingerprint density at radius 1 is 1.24 bits per heavy atom. The molecule has 0 aliphatic carbocycles. The molecule has 1 heterocycles. The fraction of sp³-hybridized carbons (Fsp3) is 0.571. The molecule has 0 saturated carbocycles. The maximum atomic E-state index is 5.75. The van der Waals surface area contributed by atoms with Crippen molar-refractivity contribution < 1.29 is 9.47 Å². The van der Waals surface area contributed by atoms with Gasteiger partial charge in [-0.25, -0.2) is 0 Å². The molecule has 17 heavy (non-hydrogen) atoms. The average Bonchev–Trinajstić information content (AvgIpc) is 2.40. The van der Waals surface area contributed by atoms with Gasteiger partial charge < -0.3 is 9.47 Å². The lowest BCUT2D eigenvalue weighted by Crippen LogP contribution is -2.23. The standard InChI is InChI=1S/C14H19BrO2/c15-11-13-6-2-1-5-12(13)8-10-17-14-7-3-4-9-16-14/h1-2,5-6,14H,3-4,7-11H2/t14-/m1/s1. The minimum Gasteiger partial charge on any atom is -0.353 e. The Labute approximate surface area is 111 Å². The van der Waals surface area contributed by atoms with Gasteiger partial charge in [0.15, 0.2) is 6.29 Å². The van der Waals surface area contributed by atoms with Crippen molar-refractivity contribution in [1.82, 2.24) is 0 Å². The average molecular weight is 299 g/mol. The summed E-state index contributed by atoms with van der Waals surface area (Å²) in [4.78, 5) is 0. The zero-order chi connectivity index (χ0) is 11.9. The maximum absolute atomic E-state index is 5.75. The van der Waals surface area contributed by atoms with Gasteiger partial charge in [-0.15, -0.1) is 0 Å². The fourth-order valence-corrected chi connectivity index (χ4v) is 2.62. The number of halogens is 1. The smallest absolute Gasteiger partial charge is 0.157 e. The van der Waals surface area contributed by atoms with Gasteiger partial charge >= 0.3 is 0 Å². The molecular formula is C14H19BrO2. The third-order valence-corrected chi connectivity index (χ3v) is 3.68. The van der Waals surface area contributed by atoms with Crippen LogP contribution >= 0.6 is 15.9 Å². The molecule has 1 saturated heterocycles. The van der Waals surface area contributed by atoms with Crippen LogP contribution in [0.15, 0.2) is 24.3 Å². The molecule has 0 spiro atoms. The van der Waals surface area contributed by atoms with E-state index < -0.39 is 0 Å². The van der Waals surface area contributed by atoms with Gasteiger partial charge in [-0.1, -0.05) is 40.2 Å². The Hall–Kier alpha value is -0.380. The van der Waals surface area contributed by atoms with Crippen LogP contribution in [-0.4, -0.2) is 19.5 Å². The monoisotopic (exact) mass is 298 g/mol. The van der Waals surface area contributed by atoms with E-state index in [2.05, 4.69) is 40.2 Å². The first-order valence-corrected chi connectivity index (χ1v) is 7.38. The normalized spacial score (nSPS) is 20.4. The fourth-order valence-electron chi connectivity index (χ4n) is 2.07. The van der Waals surface area contributed by atoms with E-state index in [1.807, 2.05) is 0 Å². The first-order chi connectivity index (χ1) is 8.40. The minimum atomic E-state index is 0.0277. The van der Waals surface area contributed by atoms with E-state index >= 15 is 0 Å². The van der Waals surface area contributed by atoms with Crippen molar-refractivity contribution >= 4 is 15.9 Å². The summed E-state index contributed by atoms with van der Waals surface area (Å²) in [5.41, 5.74) is 2.71. The van der Waals surface area contributed by atoms with Crippen LogP contribution in [0.3, 0.4) is 0 Å². The Morgan fingerprint density at radius 3 is 2.76 bits per heavy atom. The molecule has 1 fully saturated rings. The van der Waals surface area contributed by atoms with E-state index in [0.29, 0.717) is 0 Å². The molecule has 2 rings (SSSR count). The molecule has 1 aromatic carbocycles. The van der Waals surface area contributed by atoms with E-state index in [1.165, 1.54) is 24.0 Å². The second kappa shape index (κ2) is 7.14. The van der Waals surface area contributed by atoms with E-state index in [1.54, 1.807) is 0 Å². The Morgan fingerprint density at radius 2 is 2.06 bits per heavy atom. The topological polar surface area (TPSA) is 18.5 Å². The molecule has 1 aromatic rings. The molecule has 3 heteroatoms. The number of hydrogen-bond donors (Lipinski definition) is 0. The van der Waals surface area contributed by atoms with Crippen molar-refractivity contribution in [3.63, 3.8) is 0 Å². The summed E-state index contributed by atoms with van der Waals surface area (Å²) >= 11 is 3.51. The SMILES string of the molecule is BrCc1ccccc1CCO[C@@H]1CCCCO1. The Balaban J connectivity index is 1.77. The lowest BCUT2D eigenvalue weighted by atomic mass is 10.1. The Bertz CT molecular complexity index is 335. The second-order valence-corrected chi connectivity index (χ2v) is 4.88. The summed E-state index contributed by atoms with van der Waals surface area (Å²) in [6.45, 7) is 1.59. The molecule has 0 aromatic heterocycles. The van der Waals surface area contributed by atoms with Gasteiger partial charge in [-0.3, -0.25) is 0 Å².